The minimum atomic E-state index is -4.55. The van der Waals surface area contributed by atoms with Gasteiger partial charge in [0.15, 0.2) is 11.5 Å². The van der Waals surface area contributed by atoms with Crippen LogP contribution in [0, 0.1) is 0 Å². The zero-order chi connectivity index (χ0) is 25.8. The first-order valence-electron chi connectivity index (χ1n) is 10.2. The Labute approximate surface area is 208 Å². The second-order valence-corrected chi connectivity index (χ2v) is 11.8. The first-order valence-corrected chi connectivity index (χ1v) is 14.4. The van der Waals surface area contributed by atoms with Crippen molar-refractivity contribution in [3.8, 4) is 17.2 Å². The van der Waals surface area contributed by atoms with Crippen LogP contribution >= 0.6 is 0 Å². The third-order valence-corrected chi connectivity index (χ3v) is 8.36. The van der Waals surface area contributed by atoms with E-state index in [1.807, 2.05) is 0 Å². The van der Waals surface area contributed by atoms with Crippen molar-refractivity contribution in [1.29, 1.82) is 0 Å². The monoisotopic (exact) mass is 546 g/mol. The fourth-order valence-corrected chi connectivity index (χ4v) is 5.84. The summed E-state index contributed by atoms with van der Waals surface area (Å²) in [5, 5.41) is 0. The van der Waals surface area contributed by atoms with E-state index in [4.69, 9.17) is 12.5 Å². The topological polar surface area (TPSA) is 130 Å². The third-order valence-electron chi connectivity index (χ3n) is 4.63. The summed E-state index contributed by atoms with van der Waals surface area (Å²) in [4.78, 5) is -0.697. The van der Waals surface area contributed by atoms with Crippen molar-refractivity contribution >= 4 is 30.4 Å². The molecule has 0 saturated heterocycles. The molecule has 186 valence electrons. The Bertz CT molecular complexity index is 1580. The molecule has 0 bridgehead atoms. The van der Waals surface area contributed by atoms with Gasteiger partial charge in [0.1, 0.15) is 14.7 Å². The Hall–Kier alpha value is -3.87. The summed E-state index contributed by atoms with van der Waals surface area (Å²) in [5.41, 5.74) is 0. The lowest BCUT2D eigenvalue weighted by Crippen LogP contribution is -2.16. The fraction of sp³-hybridized carbons (Fsp3) is 0. The van der Waals surface area contributed by atoms with Crippen LogP contribution in [0.1, 0.15) is 0 Å². The minimum absolute atomic E-state index is 0.218. The highest BCUT2D eigenvalue weighted by atomic mass is 32.2. The van der Waals surface area contributed by atoms with Crippen LogP contribution in [0.4, 0.5) is 0 Å². The third kappa shape index (κ3) is 5.67. The lowest BCUT2D eigenvalue weighted by atomic mass is 10.3. The number of benzene rings is 4. The highest BCUT2D eigenvalue weighted by molar-refractivity contribution is 7.87. The Morgan fingerprint density at radius 1 is 0.361 bits per heavy atom. The van der Waals surface area contributed by atoms with Crippen LogP contribution < -0.4 is 12.5 Å². The zero-order valence-corrected chi connectivity index (χ0v) is 20.7. The predicted octanol–water partition coefficient (Wildman–Crippen LogP) is 3.99. The lowest BCUT2D eigenvalue weighted by Gasteiger charge is -2.16. The van der Waals surface area contributed by atoms with Crippen molar-refractivity contribution < 1.29 is 37.8 Å². The van der Waals surface area contributed by atoms with E-state index >= 15 is 0 Å². The molecule has 9 nitrogen and oxygen atoms in total. The molecule has 0 amide bonds. The van der Waals surface area contributed by atoms with Crippen LogP contribution in [0.3, 0.4) is 0 Å². The van der Waals surface area contributed by atoms with Crippen LogP contribution in [0.2, 0.25) is 0 Å². The molecule has 4 aromatic carbocycles. The van der Waals surface area contributed by atoms with Crippen LogP contribution in [-0.4, -0.2) is 25.3 Å². The Balaban J connectivity index is 1.81. The van der Waals surface area contributed by atoms with Crippen molar-refractivity contribution in [1.82, 2.24) is 0 Å². The summed E-state index contributed by atoms with van der Waals surface area (Å²) in [6.45, 7) is 0. The number of para-hydroxylation sites is 1. The Morgan fingerprint density at radius 3 is 1.00 bits per heavy atom. The van der Waals surface area contributed by atoms with Crippen LogP contribution in [-0.2, 0) is 30.4 Å². The van der Waals surface area contributed by atoms with E-state index in [-0.39, 0.29) is 14.7 Å². The standard InChI is InChI=1S/C24H18O9S3/c25-34(26,19-11-4-1-5-12-19)31-22-17-10-18-23(32-35(27,28)20-13-6-2-7-14-20)24(22)33-36(29,30)21-15-8-3-9-16-21/h1-18H. The first-order chi connectivity index (χ1) is 17.1. The number of hydrogen-bond donors (Lipinski definition) is 0. The maximum absolute atomic E-state index is 12.9. The summed E-state index contributed by atoms with van der Waals surface area (Å²) in [6.07, 6.45) is 0. The largest absolute Gasteiger partial charge is 0.375 e. The summed E-state index contributed by atoms with van der Waals surface area (Å²) >= 11 is 0. The molecule has 0 aliphatic carbocycles. The summed E-state index contributed by atoms with van der Waals surface area (Å²) < 4.78 is 92.7. The van der Waals surface area contributed by atoms with Gasteiger partial charge in [-0.15, -0.1) is 0 Å². The quantitative estimate of drug-likeness (QED) is 0.286. The Morgan fingerprint density at radius 2 is 0.667 bits per heavy atom. The van der Waals surface area contributed by atoms with E-state index < -0.39 is 47.6 Å². The van der Waals surface area contributed by atoms with Gasteiger partial charge in [0.05, 0.1) is 0 Å². The highest BCUT2D eigenvalue weighted by Crippen LogP contribution is 2.41. The molecule has 0 spiro atoms. The second kappa shape index (κ2) is 10.0. The highest BCUT2D eigenvalue weighted by Gasteiger charge is 2.29. The first kappa shape index (κ1) is 25.2. The van der Waals surface area contributed by atoms with E-state index in [0.717, 1.165) is 12.1 Å². The van der Waals surface area contributed by atoms with Gasteiger partial charge in [0, 0.05) is 0 Å². The van der Waals surface area contributed by atoms with Crippen LogP contribution in [0.5, 0.6) is 17.2 Å². The summed E-state index contributed by atoms with van der Waals surface area (Å²) in [7, 11) is -13.4. The van der Waals surface area contributed by atoms with Crippen molar-refractivity contribution in [3.63, 3.8) is 0 Å². The van der Waals surface area contributed by atoms with Gasteiger partial charge in [0.2, 0.25) is 5.75 Å². The summed E-state index contributed by atoms with van der Waals surface area (Å²) in [6, 6.07) is 24.6. The van der Waals surface area contributed by atoms with Gasteiger partial charge >= 0.3 is 30.4 Å². The van der Waals surface area contributed by atoms with E-state index in [1.165, 1.54) is 78.9 Å². The molecule has 4 rings (SSSR count). The molecule has 0 heterocycles. The van der Waals surface area contributed by atoms with Crippen molar-refractivity contribution in [3.05, 3.63) is 109 Å². The summed E-state index contributed by atoms with van der Waals surface area (Å²) in [5.74, 6) is -1.96. The van der Waals surface area contributed by atoms with Crippen molar-refractivity contribution in [2.75, 3.05) is 0 Å². The second-order valence-electron chi connectivity index (χ2n) is 7.13. The predicted molar refractivity (Wildman–Crippen MR) is 129 cm³/mol. The van der Waals surface area contributed by atoms with Crippen LogP contribution in [0.15, 0.2) is 124 Å². The van der Waals surface area contributed by atoms with Gasteiger partial charge in [-0.05, 0) is 48.5 Å². The van der Waals surface area contributed by atoms with E-state index in [1.54, 1.807) is 18.2 Å². The molecular formula is C24H18O9S3. The molecule has 0 radical (unpaired) electrons. The van der Waals surface area contributed by atoms with Gasteiger partial charge < -0.3 is 12.5 Å². The van der Waals surface area contributed by atoms with Gasteiger partial charge in [-0.3, -0.25) is 0 Å². The van der Waals surface area contributed by atoms with Crippen molar-refractivity contribution in [2.45, 2.75) is 14.7 Å². The van der Waals surface area contributed by atoms with Gasteiger partial charge in [-0.2, -0.15) is 25.3 Å². The molecule has 0 unspecified atom stereocenters. The van der Waals surface area contributed by atoms with Gasteiger partial charge in [-0.25, -0.2) is 0 Å². The molecule has 0 aromatic heterocycles. The maximum Gasteiger partial charge on any atom is 0.339 e. The zero-order valence-electron chi connectivity index (χ0n) is 18.3. The molecule has 0 aliphatic heterocycles. The SMILES string of the molecule is O=S(=O)(Oc1cccc(OS(=O)(=O)c2ccccc2)c1OS(=O)(=O)c1ccccc1)c1ccccc1. The average Bonchev–Trinajstić information content (AvgIpc) is 2.87. The molecule has 4 aromatic rings. The van der Waals surface area contributed by atoms with Crippen molar-refractivity contribution in [2.24, 2.45) is 0 Å². The molecule has 12 heteroatoms. The van der Waals surface area contributed by atoms with Gasteiger partial charge in [-0.1, -0.05) is 60.7 Å². The molecule has 0 saturated carbocycles. The fourth-order valence-electron chi connectivity index (χ4n) is 2.96. The smallest absolute Gasteiger partial charge is 0.339 e. The molecule has 0 N–H and O–H groups in total. The molecule has 0 atom stereocenters. The minimum Gasteiger partial charge on any atom is -0.375 e. The normalized spacial score (nSPS) is 12.0. The molecule has 0 fully saturated rings. The molecular weight excluding hydrogens is 528 g/mol. The Kier molecular flexibility index (Phi) is 7.02. The lowest BCUT2D eigenvalue weighted by molar-refractivity contribution is 0.428. The maximum atomic E-state index is 12.9. The van der Waals surface area contributed by atoms with E-state index in [2.05, 4.69) is 0 Å². The molecule has 0 aliphatic rings. The number of rotatable bonds is 9. The van der Waals surface area contributed by atoms with Gasteiger partial charge in [0.25, 0.3) is 0 Å². The molecule has 36 heavy (non-hydrogen) atoms. The average molecular weight is 547 g/mol. The van der Waals surface area contributed by atoms with E-state index in [9.17, 15) is 25.3 Å². The van der Waals surface area contributed by atoms with Crippen LogP contribution in [0.25, 0.3) is 0 Å². The number of hydrogen-bond acceptors (Lipinski definition) is 9. The van der Waals surface area contributed by atoms with E-state index in [0.29, 0.717) is 0 Å².